The minimum atomic E-state index is -1.01. The topological polar surface area (TPSA) is 78.9 Å². The maximum absolute atomic E-state index is 11.4. The number of carboxylic acids is 1. The molecule has 2 saturated heterocycles. The van der Waals surface area contributed by atoms with Gasteiger partial charge in [0.25, 0.3) is 0 Å². The molecule has 0 bridgehead atoms. The lowest BCUT2D eigenvalue weighted by Gasteiger charge is -2.54. The molecule has 0 aliphatic carbocycles. The zero-order valence-electron chi connectivity index (χ0n) is 9.23. The monoisotopic (exact) mass is 228 g/mol. The predicted octanol–water partition coefficient (Wildman–Crippen LogP) is -1.09. The van der Waals surface area contributed by atoms with E-state index in [0.717, 1.165) is 26.3 Å². The molecule has 2 aliphatic heterocycles. The van der Waals surface area contributed by atoms with Crippen LogP contribution in [-0.2, 0) is 14.3 Å². The lowest BCUT2D eigenvalue weighted by Crippen LogP contribution is -2.67. The SMILES string of the molecule is C[C@H](NC(=O)CN1CC2(COC2)C1)C(=O)O. The van der Waals surface area contributed by atoms with E-state index in [2.05, 4.69) is 5.32 Å². The van der Waals surface area contributed by atoms with Gasteiger partial charge in [-0.3, -0.25) is 14.5 Å². The van der Waals surface area contributed by atoms with Crippen LogP contribution < -0.4 is 5.32 Å². The van der Waals surface area contributed by atoms with Crippen molar-refractivity contribution in [3.05, 3.63) is 0 Å². The summed E-state index contributed by atoms with van der Waals surface area (Å²) in [6.45, 7) is 5.06. The number of hydrogen-bond donors (Lipinski definition) is 2. The molecular formula is C10H16N2O4. The van der Waals surface area contributed by atoms with Gasteiger partial charge in [0.1, 0.15) is 6.04 Å². The van der Waals surface area contributed by atoms with E-state index >= 15 is 0 Å². The Balaban J connectivity index is 1.67. The molecule has 1 spiro atoms. The molecule has 6 heteroatoms. The average Bonchev–Trinajstić information content (AvgIpc) is 2.06. The Kier molecular flexibility index (Phi) is 2.86. The number of carboxylic acid groups (broad SMARTS) is 1. The van der Waals surface area contributed by atoms with Crippen molar-refractivity contribution in [3.8, 4) is 0 Å². The first-order valence-electron chi connectivity index (χ1n) is 5.33. The summed E-state index contributed by atoms with van der Waals surface area (Å²) in [5, 5.41) is 11.1. The second kappa shape index (κ2) is 4.03. The normalized spacial score (nSPS) is 24.3. The summed E-state index contributed by atoms with van der Waals surface area (Å²) in [5.74, 6) is -1.24. The number of hydrogen-bond acceptors (Lipinski definition) is 4. The first-order valence-corrected chi connectivity index (χ1v) is 5.33. The second-order valence-corrected chi connectivity index (χ2v) is 4.77. The molecule has 2 N–H and O–H groups in total. The molecule has 6 nitrogen and oxygen atoms in total. The zero-order chi connectivity index (χ0) is 11.8. The van der Waals surface area contributed by atoms with Gasteiger partial charge in [-0.05, 0) is 6.92 Å². The largest absolute Gasteiger partial charge is 0.480 e. The van der Waals surface area contributed by atoms with Crippen LogP contribution in [0.1, 0.15) is 6.92 Å². The third-order valence-corrected chi connectivity index (χ3v) is 3.05. The van der Waals surface area contributed by atoms with Crippen molar-refractivity contribution in [1.82, 2.24) is 10.2 Å². The molecule has 90 valence electrons. The molecule has 0 aromatic heterocycles. The van der Waals surface area contributed by atoms with Gasteiger partial charge in [0, 0.05) is 18.5 Å². The highest BCUT2D eigenvalue weighted by Crippen LogP contribution is 2.36. The first kappa shape index (κ1) is 11.3. The maximum Gasteiger partial charge on any atom is 0.325 e. The predicted molar refractivity (Wildman–Crippen MR) is 54.9 cm³/mol. The zero-order valence-corrected chi connectivity index (χ0v) is 9.23. The number of carbonyl (C=O) groups is 2. The van der Waals surface area contributed by atoms with Crippen LogP contribution in [0, 0.1) is 5.41 Å². The van der Waals surface area contributed by atoms with Crippen LogP contribution in [0.5, 0.6) is 0 Å². The van der Waals surface area contributed by atoms with Crippen molar-refractivity contribution in [2.75, 3.05) is 32.8 Å². The third kappa shape index (κ3) is 2.17. The quantitative estimate of drug-likeness (QED) is 0.639. The molecule has 2 fully saturated rings. The molecule has 0 aromatic carbocycles. The fourth-order valence-electron chi connectivity index (χ4n) is 2.14. The Morgan fingerprint density at radius 1 is 1.50 bits per heavy atom. The van der Waals surface area contributed by atoms with Crippen LogP contribution in [-0.4, -0.2) is 60.8 Å². The highest BCUT2D eigenvalue weighted by atomic mass is 16.5. The third-order valence-electron chi connectivity index (χ3n) is 3.05. The number of nitrogens with zero attached hydrogens (tertiary/aromatic N) is 1. The van der Waals surface area contributed by atoms with E-state index in [9.17, 15) is 9.59 Å². The summed E-state index contributed by atoms with van der Waals surface area (Å²) in [4.78, 5) is 24.0. The molecule has 0 saturated carbocycles. The molecule has 0 radical (unpaired) electrons. The van der Waals surface area contributed by atoms with Crippen molar-refractivity contribution in [2.24, 2.45) is 5.41 Å². The molecule has 0 aromatic rings. The van der Waals surface area contributed by atoms with Crippen molar-refractivity contribution in [2.45, 2.75) is 13.0 Å². The molecule has 1 atom stereocenters. The second-order valence-electron chi connectivity index (χ2n) is 4.77. The molecule has 0 unspecified atom stereocenters. The minimum absolute atomic E-state index is 0.231. The number of nitrogens with one attached hydrogen (secondary N) is 1. The lowest BCUT2D eigenvalue weighted by molar-refractivity contribution is -0.189. The lowest BCUT2D eigenvalue weighted by atomic mass is 9.78. The van der Waals surface area contributed by atoms with E-state index < -0.39 is 12.0 Å². The summed E-state index contributed by atoms with van der Waals surface area (Å²) >= 11 is 0. The Labute approximate surface area is 93.6 Å². The Bertz CT molecular complexity index is 306. The molecule has 2 rings (SSSR count). The van der Waals surface area contributed by atoms with Crippen molar-refractivity contribution >= 4 is 11.9 Å². The van der Waals surface area contributed by atoms with Gasteiger partial charge in [0.15, 0.2) is 0 Å². The average molecular weight is 228 g/mol. The van der Waals surface area contributed by atoms with Crippen LogP contribution in [0.3, 0.4) is 0 Å². The molecular weight excluding hydrogens is 212 g/mol. The molecule has 2 heterocycles. The smallest absolute Gasteiger partial charge is 0.325 e. The first-order chi connectivity index (χ1) is 7.51. The Morgan fingerprint density at radius 3 is 2.56 bits per heavy atom. The van der Waals surface area contributed by atoms with E-state index in [1.165, 1.54) is 6.92 Å². The summed E-state index contributed by atoms with van der Waals surface area (Å²) < 4.78 is 5.12. The fourth-order valence-corrected chi connectivity index (χ4v) is 2.14. The molecule has 2 aliphatic rings. The van der Waals surface area contributed by atoms with Crippen LogP contribution in [0.2, 0.25) is 0 Å². The van der Waals surface area contributed by atoms with Gasteiger partial charge in [-0.1, -0.05) is 0 Å². The van der Waals surface area contributed by atoms with Crippen molar-refractivity contribution in [3.63, 3.8) is 0 Å². The number of carbonyl (C=O) groups excluding carboxylic acids is 1. The van der Waals surface area contributed by atoms with E-state index in [0.29, 0.717) is 5.41 Å². The summed E-state index contributed by atoms with van der Waals surface area (Å²) in [6, 6.07) is -0.824. The number of likely N-dealkylation sites (tertiary alicyclic amines) is 1. The molecule has 1 amide bonds. The minimum Gasteiger partial charge on any atom is -0.480 e. The number of amides is 1. The van der Waals surface area contributed by atoms with Gasteiger partial charge in [-0.25, -0.2) is 0 Å². The van der Waals surface area contributed by atoms with Gasteiger partial charge in [0.2, 0.25) is 5.91 Å². The van der Waals surface area contributed by atoms with E-state index in [-0.39, 0.29) is 12.5 Å². The van der Waals surface area contributed by atoms with Gasteiger partial charge in [-0.15, -0.1) is 0 Å². The van der Waals surface area contributed by atoms with Gasteiger partial charge in [0.05, 0.1) is 19.8 Å². The van der Waals surface area contributed by atoms with Crippen LogP contribution in [0.4, 0.5) is 0 Å². The van der Waals surface area contributed by atoms with Gasteiger partial charge < -0.3 is 15.2 Å². The van der Waals surface area contributed by atoms with Crippen molar-refractivity contribution < 1.29 is 19.4 Å². The number of ether oxygens (including phenoxy) is 1. The molecule has 16 heavy (non-hydrogen) atoms. The van der Waals surface area contributed by atoms with Crippen molar-refractivity contribution in [1.29, 1.82) is 0 Å². The standard InChI is InChI=1S/C10H16N2O4/c1-7(9(14)15)11-8(13)2-12-3-10(4-12)5-16-6-10/h7H,2-6H2,1H3,(H,11,13)(H,14,15)/t7-/m0/s1. The number of rotatable bonds is 4. The van der Waals surface area contributed by atoms with E-state index in [1.807, 2.05) is 4.90 Å². The fraction of sp³-hybridized carbons (Fsp3) is 0.800. The van der Waals surface area contributed by atoms with E-state index in [4.69, 9.17) is 9.84 Å². The summed E-state index contributed by atoms with van der Waals surface area (Å²) in [5.41, 5.74) is 0.290. The maximum atomic E-state index is 11.4. The van der Waals surface area contributed by atoms with Crippen LogP contribution >= 0.6 is 0 Å². The van der Waals surface area contributed by atoms with Gasteiger partial charge in [-0.2, -0.15) is 0 Å². The summed E-state index contributed by atoms with van der Waals surface area (Å²) in [7, 11) is 0. The van der Waals surface area contributed by atoms with E-state index in [1.54, 1.807) is 0 Å². The Hall–Kier alpha value is -1.14. The highest BCUT2D eigenvalue weighted by Gasteiger charge is 2.49. The highest BCUT2D eigenvalue weighted by molar-refractivity contribution is 5.84. The van der Waals surface area contributed by atoms with Gasteiger partial charge >= 0.3 is 5.97 Å². The Morgan fingerprint density at radius 2 is 2.12 bits per heavy atom. The van der Waals surface area contributed by atoms with Crippen LogP contribution in [0.15, 0.2) is 0 Å². The summed E-state index contributed by atoms with van der Waals surface area (Å²) in [6.07, 6.45) is 0. The number of aliphatic carboxylic acids is 1. The van der Waals surface area contributed by atoms with Crippen LogP contribution in [0.25, 0.3) is 0 Å².